The van der Waals surface area contributed by atoms with Crippen molar-refractivity contribution < 1.29 is 26.4 Å². The topological polar surface area (TPSA) is 101 Å². The lowest BCUT2D eigenvalue weighted by Gasteiger charge is -2.22. The monoisotopic (exact) mass is 454 g/mol. The summed E-state index contributed by atoms with van der Waals surface area (Å²) < 4.78 is 53.4. The first-order valence-corrected chi connectivity index (χ1v) is 12.9. The average molecular weight is 455 g/mol. The summed E-state index contributed by atoms with van der Waals surface area (Å²) in [7, 11) is -7.96. The van der Waals surface area contributed by atoms with Crippen molar-refractivity contribution in [3.8, 4) is 5.75 Å². The molecule has 0 heterocycles. The third-order valence-electron chi connectivity index (χ3n) is 4.24. The fourth-order valence-corrected chi connectivity index (χ4v) is 5.87. The quantitative estimate of drug-likeness (QED) is 0.543. The minimum Gasteiger partial charge on any atom is -0.492 e. The first-order valence-electron chi connectivity index (χ1n) is 9.21. The van der Waals surface area contributed by atoms with Gasteiger partial charge in [0.1, 0.15) is 12.4 Å². The Morgan fingerprint density at radius 2 is 1.43 bits per heavy atom. The highest BCUT2D eigenvalue weighted by Crippen LogP contribution is 2.21. The van der Waals surface area contributed by atoms with Crippen LogP contribution in [0.4, 0.5) is 5.69 Å². The maximum Gasteiger partial charge on any atom is 0.245 e. The van der Waals surface area contributed by atoms with Crippen LogP contribution in [0.3, 0.4) is 0 Å². The number of amides is 1. The molecule has 0 spiro atoms. The lowest BCUT2D eigenvalue weighted by Crippen LogP contribution is -2.35. The predicted molar refractivity (Wildman–Crippen MR) is 117 cm³/mol. The van der Waals surface area contributed by atoms with Crippen molar-refractivity contribution in [3.05, 3.63) is 60.2 Å². The Kier molecular flexibility index (Phi) is 7.85. The summed E-state index contributed by atoms with van der Waals surface area (Å²) >= 11 is 0. The number of hydrogen-bond donors (Lipinski definition) is 0. The maximum absolute atomic E-state index is 11.9. The van der Waals surface area contributed by atoms with Gasteiger partial charge in [-0.15, -0.1) is 0 Å². The molecule has 0 unspecified atom stereocenters. The molecule has 0 N–H and O–H groups in total. The molecular weight excluding hydrogens is 428 g/mol. The predicted octanol–water partition coefficient (Wildman–Crippen LogP) is 1.88. The number of ether oxygens (including phenoxy) is 1. The number of hydrogen-bond acceptors (Lipinski definition) is 6. The van der Waals surface area contributed by atoms with Crippen LogP contribution in [0.15, 0.2) is 54.6 Å². The molecule has 0 atom stereocenters. The fourth-order valence-electron chi connectivity index (χ4n) is 2.89. The Morgan fingerprint density at radius 3 is 1.93 bits per heavy atom. The van der Waals surface area contributed by atoms with Crippen molar-refractivity contribution in [3.63, 3.8) is 0 Å². The molecule has 0 saturated carbocycles. The SMILES string of the molecule is CC(=O)N(CCOc1ccccc1)CCc1ccc(N(S(C)(=O)=O)S(C)(=O)=O)cc1. The van der Waals surface area contributed by atoms with E-state index in [2.05, 4.69) is 0 Å². The zero-order valence-electron chi connectivity index (χ0n) is 17.2. The molecule has 0 saturated heterocycles. The van der Waals surface area contributed by atoms with Gasteiger partial charge in [0.05, 0.1) is 24.7 Å². The van der Waals surface area contributed by atoms with Gasteiger partial charge in [-0.05, 0) is 36.2 Å². The van der Waals surface area contributed by atoms with E-state index in [1.54, 1.807) is 17.0 Å². The molecule has 2 rings (SSSR count). The zero-order valence-corrected chi connectivity index (χ0v) is 18.8. The van der Waals surface area contributed by atoms with Gasteiger partial charge < -0.3 is 9.64 Å². The van der Waals surface area contributed by atoms with Crippen molar-refractivity contribution >= 4 is 31.6 Å². The molecule has 30 heavy (non-hydrogen) atoms. The normalized spacial score (nSPS) is 11.7. The third kappa shape index (κ3) is 7.03. The molecule has 0 aromatic heterocycles. The van der Waals surface area contributed by atoms with Crippen molar-refractivity contribution in [2.75, 3.05) is 35.9 Å². The molecular formula is C20H26N2O6S2. The highest BCUT2D eigenvalue weighted by atomic mass is 32.3. The van der Waals surface area contributed by atoms with Gasteiger partial charge in [0.25, 0.3) is 0 Å². The lowest BCUT2D eigenvalue weighted by atomic mass is 10.1. The van der Waals surface area contributed by atoms with Gasteiger partial charge in [-0.3, -0.25) is 4.79 Å². The van der Waals surface area contributed by atoms with E-state index in [0.29, 0.717) is 29.8 Å². The largest absolute Gasteiger partial charge is 0.492 e. The molecule has 0 aliphatic carbocycles. The molecule has 8 nitrogen and oxygen atoms in total. The first kappa shape index (κ1) is 23.7. The van der Waals surface area contributed by atoms with Crippen LogP contribution in [-0.4, -0.2) is 59.9 Å². The molecule has 0 aliphatic rings. The summed E-state index contributed by atoms with van der Waals surface area (Å²) in [6, 6.07) is 15.5. The smallest absolute Gasteiger partial charge is 0.245 e. The van der Waals surface area contributed by atoms with Crippen LogP contribution < -0.4 is 8.45 Å². The van der Waals surface area contributed by atoms with Gasteiger partial charge in [-0.1, -0.05) is 30.3 Å². The number of sulfonamides is 2. The highest BCUT2D eigenvalue weighted by molar-refractivity contribution is 8.09. The molecule has 0 aliphatic heterocycles. The van der Waals surface area contributed by atoms with E-state index in [0.717, 1.165) is 23.8 Å². The second kappa shape index (κ2) is 9.94. The second-order valence-corrected chi connectivity index (χ2v) is 10.7. The number of carbonyl (C=O) groups excluding carboxylic acids is 1. The summed E-state index contributed by atoms with van der Waals surface area (Å²) in [4.78, 5) is 13.6. The number of nitrogens with zero attached hydrogens (tertiary/aromatic N) is 2. The maximum atomic E-state index is 11.9. The summed E-state index contributed by atoms with van der Waals surface area (Å²) in [6.07, 6.45) is 2.21. The van der Waals surface area contributed by atoms with E-state index in [-0.39, 0.29) is 11.6 Å². The molecule has 2 aromatic rings. The summed E-state index contributed by atoms with van der Waals surface area (Å²) in [6.45, 7) is 2.73. The Balaban J connectivity index is 1.98. The van der Waals surface area contributed by atoms with E-state index in [1.807, 2.05) is 30.3 Å². The van der Waals surface area contributed by atoms with Crippen LogP contribution in [0.5, 0.6) is 5.75 Å². The first-order chi connectivity index (χ1) is 14.0. The highest BCUT2D eigenvalue weighted by Gasteiger charge is 2.27. The van der Waals surface area contributed by atoms with Crippen molar-refractivity contribution in [2.24, 2.45) is 0 Å². The zero-order chi connectivity index (χ0) is 22.4. The van der Waals surface area contributed by atoms with Crippen LogP contribution in [0.2, 0.25) is 0 Å². The molecule has 1 amide bonds. The van der Waals surface area contributed by atoms with Gasteiger partial charge in [0, 0.05) is 13.5 Å². The minimum absolute atomic E-state index is 0.0448. The number of carbonyl (C=O) groups is 1. The third-order valence-corrected chi connectivity index (χ3v) is 7.49. The van der Waals surface area contributed by atoms with Crippen LogP contribution in [0.1, 0.15) is 12.5 Å². The van der Waals surface area contributed by atoms with Crippen molar-refractivity contribution in [2.45, 2.75) is 13.3 Å². The summed E-state index contributed by atoms with van der Waals surface area (Å²) in [5.41, 5.74) is 0.888. The number of rotatable bonds is 10. The van der Waals surface area contributed by atoms with Crippen LogP contribution in [0, 0.1) is 0 Å². The van der Waals surface area contributed by atoms with Gasteiger partial charge >= 0.3 is 0 Å². The van der Waals surface area contributed by atoms with E-state index in [1.165, 1.54) is 19.1 Å². The minimum atomic E-state index is -3.98. The van der Waals surface area contributed by atoms with E-state index in [9.17, 15) is 21.6 Å². The van der Waals surface area contributed by atoms with E-state index in [4.69, 9.17) is 4.74 Å². The van der Waals surface area contributed by atoms with Gasteiger partial charge in [0.15, 0.2) is 0 Å². The Labute approximate surface area is 178 Å². The molecule has 0 radical (unpaired) electrons. The molecule has 2 aromatic carbocycles. The standard InChI is InChI=1S/C20H26N2O6S2/c1-17(23)21(15-16-28-20-7-5-4-6-8-20)14-13-18-9-11-19(12-10-18)22(29(2,24)25)30(3,26)27/h4-12H,13-16H2,1-3H3. The van der Waals surface area contributed by atoms with Crippen molar-refractivity contribution in [1.82, 2.24) is 4.90 Å². The van der Waals surface area contributed by atoms with Gasteiger partial charge in [0.2, 0.25) is 26.0 Å². The molecule has 10 heteroatoms. The number of para-hydroxylation sites is 1. The number of benzene rings is 2. The van der Waals surface area contributed by atoms with Gasteiger partial charge in [-0.2, -0.15) is 3.71 Å². The van der Waals surface area contributed by atoms with Crippen LogP contribution in [0.25, 0.3) is 0 Å². The molecule has 0 bridgehead atoms. The average Bonchev–Trinajstić information content (AvgIpc) is 2.64. The summed E-state index contributed by atoms with van der Waals surface area (Å²) in [5.74, 6) is 0.654. The van der Waals surface area contributed by atoms with E-state index < -0.39 is 20.0 Å². The summed E-state index contributed by atoms with van der Waals surface area (Å²) in [5, 5.41) is 0. The van der Waals surface area contributed by atoms with Crippen LogP contribution in [-0.2, 0) is 31.3 Å². The Hall–Kier alpha value is -2.59. The van der Waals surface area contributed by atoms with E-state index >= 15 is 0 Å². The Morgan fingerprint density at radius 1 is 0.867 bits per heavy atom. The fraction of sp³-hybridized carbons (Fsp3) is 0.350. The number of anilines is 1. The van der Waals surface area contributed by atoms with Crippen molar-refractivity contribution in [1.29, 1.82) is 0 Å². The molecule has 0 fully saturated rings. The Bertz CT molecular complexity index is 1020. The van der Waals surface area contributed by atoms with Gasteiger partial charge in [-0.25, -0.2) is 16.8 Å². The molecule has 164 valence electrons. The lowest BCUT2D eigenvalue weighted by molar-refractivity contribution is -0.129. The second-order valence-electron chi connectivity index (χ2n) is 6.81. The van der Waals surface area contributed by atoms with Crippen LogP contribution >= 0.6 is 0 Å².